The Kier molecular flexibility index (Phi) is 5.09. The summed E-state index contributed by atoms with van der Waals surface area (Å²) in [6.07, 6.45) is 1.47. The maximum atomic E-state index is 12.5. The molecule has 1 saturated carbocycles. The number of aryl methyl sites for hydroxylation is 1. The molecule has 7 heteroatoms. The van der Waals surface area contributed by atoms with Gasteiger partial charge in [0, 0.05) is 4.88 Å². The number of thiophene rings is 1. The molecule has 4 nitrogen and oxygen atoms in total. The Morgan fingerprint density at radius 3 is 2.45 bits per heavy atom. The van der Waals surface area contributed by atoms with E-state index >= 15 is 0 Å². The van der Waals surface area contributed by atoms with E-state index in [0.29, 0.717) is 23.6 Å². The van der Waals surface area contributed by atoms with Gasteiger partial charge in [-0.1, -0.05) is 38.8 Å². The van der Waals surface area contributed by atoms with Crippen LogP contribution in [-0.2, 0) is 9.53 Å². The number of rotatable bonds is 5. The lowest BCUT2D eigenvalue weighted by Crippen LogP contribution is -2.26. The number of carbonyl (C=O) groups is 2. The third-order valence-electron chi connectivity index (χ3n) is 4.01. The lowest BCUT2D eigenvalue weighted by Gasteiger charge is -2.13. The highest BCUT2D eigenvalue weighted by molar-refractivity contribution is 9.25. The van der Waals surface area contributed by atoms with E-state index in [1.807, 2.05) is 27.7 Å². The van der Waals surface area contributed by atoms with Gasteiger partial charge in [-0.05, 0) is 39.2 Å². The van der Waals surface area contributed by atoms with Crippen LogP contribution in [0.3, 0.4) is 0 Å². The third-order valence-corrected chi connectivity index (χ3v) is 7.45. The van der Waals surface area contributed by atoms with Gasteiger partial charge in [-0.3, -0.25) is 4.79 Å². The second kappa shape index (κ2) is 6.24. The standard InChI is InChI=1S/C15H19Br2NO3S/c1-5-6-21-12(19)10-8(2)9(3)22-11(10)18-13(20)14(4)7-15(14,16)17/h5-7H2,1-4H3,(H,18,20)/t14-/m0/s1. The van der Waals surface area contributed by atoms with Gasteiger partial charge in [0.1, 0.15) is 5.00 Å². The summed E-state index contributed by atoms with van der Waals surface area (Å²) >= 11 is 8.40. The molecule has 1 heterocycles. The molecule has 22 heavy (non-hydrogen) atoms. The van der Waals surface area contributed by atoms with Crippen LogP contribution in [0.5, 0.6) is 0 Å². The highest BCUT2D eigenvalue weighted by Crippen LogP contribution is 2.66. The zero-order valence-corrected chi connectivity index (χ0v) is 17.0. The average Bonchev–Trinajstić information content (AvgIpc) is 2.82. The van der Waals surface area contributed by atoms with Crippen molar-refractivity contribution in [2.45, 2.75) is 43.8 Å². The van der Waals surface area contributed by atoms with Crippen LogP contribution in [0, 0.1) is 19.3 Å². The first-order valence-electron chi connectivity index (χ1n) is 7.10. The molecule has 0 bridgehead atoms. The first kappa shape index (κ1) is 17.9. The van der Waals surface area contributed by atoms with Crippen LogP contribution >= 0.6 is 43.2 Å². The van der Waals surface area contributed by atoms with Gasteiger partial charge in [-0.15, -0.1) is 11.3 Å². The minimum atomic E-state index is -0.524. The summed E-state index contributed by atoms with van der Waals surface area (Å²) < 4.78 is 4.87. The predicted molar refractivity (Wildman–Crippen MR) is 96.3 cm³/mol. The second-order valence-corrected chi connectivity index (χ2v) is 10.8. The smallest absolute Gasteiger partial charge is 0.341 e. The van der Waals surface area contributed by atoms with Crippen molar-refractivity contribution >= 4 is 60.1 Å². The maximum Gasteiger partial charge on any atom is 0.341 e. The van der Waals surface area contributed by atoms with Gasteiger partial charge in [0.25, 0.3) is 0 Å². The monoisotopic (exact) mass is 451 g/mol. The lowest BCUT2D eigenvalue weighted by molar-refractivity contribution is -0.120. The fraction of sp³-hybridized carbons (Fsp3) is 0.600. The summed E-state index contributed by atoms with van der Waals surface area (Å²) in [7, 11) is 0. The van der Waals surface area contributed by atoms with Crippen LogP contribution in [-0.4, -0.2) is 21.7 Å². The summed E-state index contributed by atoms with van der Waals surface area (Å²) in [5.41, 5.74) is 0.818. The van der Waals surface area contributed by atoms with Crippen LogP contribution in [0.15, 0.2) is 0 Å². The van der Waals surface area contributed by atoms with E-state index in [4.69, 9.17) is 4.74 Å². The fourth-order valence-electron chi connectivity index (χ4n) is 2.12. The first-order valence-corrected chi connectivity index (χ1v) is 9.50. The molecule has 1 aliphatic rings. The molecule has 1 N–H and O–H groups in total. The van der Waals surface area contributed by atoms with Crippen LogP contribution in [0.2, 0.25) is 0 Å². The summed E-state index contributed by atoms with van der Waals surface area (Å²) in [5.74, 6) is -0.476. The number of alkyl halides is 2. The number of anilines is 1. The van der Waals surface area contributed by atoms with Crippen molar-refractivity contribution in [2.24, 2.45) is 5.41 Å². The van der Waals surface area contributed by atoms with Crippen molar-refractivity contribution in [1.82, 2.24) is 0 Å². The Hall–Kier alpha value is -0.400. The Bertz CT molecular complexity index is 627. The Morgan fingerprint density at radius 2 is 1.95 bits per heavy atom. The molecule has 0 saturated heterocycles. The van der Waals surface area contributed by atoms with Gasteiger partial charge in [0.15, 0.2) is 0 Å². The molecule has 0 aromatic carbocycles. The molecule has 0 spiro atoms. The molecule has 1 aromatic rings. The number of nitrogens with one attached hydrogen (secondary N) is 1. The van der Waals surface area contributed by atoms with Crippen molar-refractivity contribution in [1.29, 1.82) is 0 Å². The van der Waals surface area contributed by atoms with E-state index < -0.39 is 5.41 Å². The Morgan fingerprint density at radius 1 is 1.36 bits per heavy atom. The van der Waals surface area contributed by atoms with E-state index in [0.717, 1.165) is 16.9 Å². The molecule has 1 amide bonds. The van der Waals surface area contributed by atoms with Gasteiger partial charge < -0.3 is 10.1 Å². The fourth-order valence-corrected chi connectivity index (χ4v) is 4.64. The van der Waals surface area contributed by atoms with Crippen LogP contribution in [0.4, 0.5) is 5.00 Å². The molecule has 0 radical (unpaired) electrons. The first-order chi connectivity index (χ1) is 10.1. The van der Waals surface area contributed by atoms with E-state index in [9.17, 15) is 9.59 Å². The van der Waals surface area contributed by atoms with Crippen molar-refractivity contribution in [3.05, 3.63) is 16.0 Å². The molecule has 0 aliphatic heterocycles. The Labute approximate surface area is 151 Å². The molecule has 1 aliphatic carbocycles. The van der Waals surface area contributed by atoms with Gasteiger partial charge in [0.2, 0.25) is 5.91 Å². The van der Waals surface area contributed by atoms with E-state index in [-0.39, 0.29) is 15.1 Å². The van der Waals surface area contributed by atoms with E-state index in [1.54, 1.807) is 0 Å². The van der Waals surface area contributed by atoms with Gasteiger partial charge >= 0.3 is 5.97 Å². The molecule has 1 atom stereocenters. The molecule has 1 fully saturated rings. The normalized spacial score (nSPS) is 22.3. The number of halogens is 2. The molecule has 2 rings (SSSR count). The number of hydrogen-bond acceptors (Lipinski definition) is 4. The number of ether oxygens (including phenoxy) is 1. The second-order valence-electron chi connectivity index (χ2n) is 5.79. The lowest BCUT2D eigenvalue weighted by atomic mass is 10.1. The SMILES string of the molecule is CCCOC(=O)c1c(NC(=O)[C@]2(C)CC2(Br)Br)sc(C)c1C. The summed E-state index contributed by atoms with van der Waals surface area (Å²) in [4.78, 5) is 25.8. The zero-order chi connectivity index (χ0) is 16.7. The third kappa shape index (κ3) is 3.12. The summed E-state index contributed by atoms with van der Waals surface area (Å²) in [6, 6.07) is 0. The number of esters is 1. The number of amides is 1. The van der Waals surface area contributed by atoms with Gasteiger partial charge in [0.05, 0.1) is 20.8 Å². The van der Waals surface area contributed by atoms with Gasteiger partial charge in [-0.25, -0.2) is 4.79 Å². The van der Waals surface area contributed by atoms with Crippen molar-refractivity contribution in [3.63, 3.8) is 0 Å². The van der Waals surface area contributed by atoms with Crippen molar-refractivity contribution < 1.29 is 14.3 Å². The maximum absolute atomic E-state index is 12.5. The molecular formula is C15H19Br2NO3S. The van der Waals surface area contributed by atoms with E-state index in [1.165, 1.54) is 11.3 Å². The highest BCUT2D eigenvalue weighted by atomic mass is 79.9. The molecule has 1 aromatic heterocycles. The molecule has 0 unspecified atom stereocenters. The highest BCUT2D eigenvalue weighted by Gasteiger charge is 2.66. The number of hydrogen-bond donors (Lipinski definition) is 1. The minimum Gasteiger partial charge on any atom is -0.462 e. The molecular weight excluding hydrogens is 434 g/mol. The van der Waals surface area contributed by atoms with Crippen LogP contribution in [0.25, 0.3) is 0 Å². The topological polar surface area (TPSA) is 55.4 Å². The quantitative estimate of drug-likeness (QED) is 0.517. The van der Waals surface area contributed by atoms with Crippen molar-refractivity contribution in [2.75, 3.05) is 11.9 Å². The average molecular weight is 453 g/mol. The largest absolute Gasteiger partial charge is 0.462 e. The zero-order valence-electron chi connectivity index (χ0n) is 13.0. The molecule has 122 valence electrons. The Balaban J connectivity index is 2.23. The summed E-state index contributed by atoms with van der Waals surface area (Å²) in [5, 5.41) is 3.48. The minimum absolute atomic E-state index is 0.105. The van der Waals surface area contributed by atoms with E-state index in [2.05, 4.69) is 37.2 Å². The van der Waals surface area contributed by atoms with Crippen LogP contribution in [0.1, 0.15) is 47.5 Å². The van der Waals surface area contributed by atoms with Crippen molar-refractivity contribution in [3.8, 4) is 0 Å². The van der Waals surface area contributed by atoms with Gasteiger partial charge in [-0.2, -0.15) is 0 Å². The number of carbonyl (C=O) groups excluding carboxylic acids is 2. The predicted octanol–water partition coefficient (Wildman–Crippen LogP) is 4.77. The summed E-state index contributed by atoms with van der Waals surface area (Å²) in [6.45, 7) is 8.02. The van der Waals surface area contributed by atoms with Crippen LogP contribution < -0.4 is 5.32 Å².